The molecule has 2 nitrogen and oxygen atoms in total. The van der Waals surface area contributed by atoms with Gasteiger partial charge in [-0.3, -0.25) is 0 Å². The first-order valence-electron chi connectivity index (χ1n) is 5.85. The molecule has 1 spiro atoms. The van der Waals surface area contributed by atoms with E-state index in [1.165, 1.54) is 12.1 Å². The van der Waals surface area contributed by atoms with Crippen molar-refractivity contribution >= 4 is 0 Å². The Morgan fingerprint density at radius 3 is 2.81 bits per heavy atom. The number of benzene rings is 1. The van der Waals surface area contributed by atoms with Crippen molar-refractivity contribution in [1.29, 1.82) is 0 Å². The fraction of sp³-hybridized carbons (Fsp3) is 0.538. The summed E-state index contributed by atoms with van der Waals surface area (Å²) in [4.78, 5) is 0. The SMILES string of the molecule is O[C@@H]1CC2(CCCC2)Oc2cc(F)ccc21. The highest BCUT2D eigenvalue weighted by molar-refractivity contribution is 5.38. The Hall–Kier alpha value is -1.09. The zero-order valence-corrected chi connectivity index (χ0v) is 9.08. The molecule has 0 bridgehead atoms. The molecule has 0 aromatic heterocycles. The number of rotatable bonds is 0. The van der Waals surface area contributed by atoms with Gasteiger partial charge in [0.25, 0.3) is 0 Å². The highest BCUT2D eigenvalue weighted by atomic mass is 19.1. The minimum atomic E-state index is -0.512. The first-order valence-corrected chi connectivity index (χ1v) is 5.85. The van der Waals surface area contributed by atoms with E-state index in [2.05, 4.69) is 0 Å². The molecule has 0 amide bonds. The molecule has 86 valence electrons. The van der Waals surface area contributed by atoms with Gasteiger partial charge in [-0.25, -0.2) is 4.39 Å². The van der Waals surface area contributed by atoms with Gasteiger partial charge in [-0.05, 0) is 37.8 Å². The molecule has 1 saturated carbocycles. The lowest BCUT2D eigenvalue weighted by molar-refractivity contribution is -0.00965. The van der Waals surface area contributed by atoms with Crippen LogP contribution in [-0.2, 0) is 0 Å². The van der Waals surface area contributed by atoms with Gasteiger partial charge in [0.2, 0.25) is 0 Å². The minimum Gasteiger partial charge on any atom is -0.487 e. The lowest BCUT2D eigenvalue weighted by atomic mass is 9.87. The maximum atomic E-state index is 13.1. The van der Waals surface area contributed by atoms with Crippen molar-refractivity contribution in [1.82, 2.24) is 0 Å². The largest absolute Gasteiger partial charge is 0.487 e. The summed E-state index contributed by atoms with van der Waals surface area (Å²) in [5.74, 6) is 0.224. The van der Waals surface area contributed by atoms with E-state index >= 15 is 0 Å². The van der Waals surface area contributed by atoms with E-state index in [4.69, 9.17) is 4.74 Å². The van der Waals surface area contributed by atoms with Gasteiger partial charge in [0, 0.05) is 18.1 Å². The van der Waals surface area contributed by atoms with E-state index in [-0.39, 0.29) is 11.4 Å². The van der Waals surface area contributed by atoms with E-state index in [9.17, 15) is 9.50 Å². The summed E-state index contributed by atoms with van der Waals surface area (Å²) >= 11 is 0. The molecule has 1 N–H and O–H groups in total. The summed E-state index contributed by atoms with van der Waals surface area (Å²) in [6, 6.07) is 4.38. The van der Waals surface area contributed by atoms with Crippen LogP contribution in [0, 0.1) is 5.82 Å². The molecule has 0 saturated heterocycles. The van der Waals surface area contributed by atoms with Crippen LogP contribution in [0.15, 0.2) is 18.2 Å². The number of hydrogen-bond donors (Lipinski definition) is 1. The van der Waals surface area contributed by atoms with Crippen molar-refractivity contribution in [3.63, 3.8) is 0 Å². The van der Waals surface area contributed by atoms with Crippen LogP contribution >= 0.6 is 0 Å². The molecule has 1 aliphatic heterocycles. The van der Waals surface area contributed by atoms with Crippen molar-refractivity contribution < 1.29 is 14.2 Å². The van der Waals surface area contributed by atoms with E-state index in [0.29, 0.717) is 12.2 Å². The summed E-state index contributed by atoms with van der Waals surface area (Å²) in [5, 5.41) is 10.1. The average molecular weight is 222 g/mol. The maximum Gasteiger partial charge on any atom is 0.128 e. The number of fused-ring (bicyclic) bond motifs is 1. The quantitative estimate of drug-likeness (QED) is 0.731. The van der Waals surface area contributed by atoms with Crippen LogP contribution in [0.1, 0.15) is 43.8 Å². The van der Waals surface area contributed by atoms with Crippen molar-refractivity contribution in [2.75, 3.05) is 0 Å². The third-order valence-electron chi connectivity index (χ3n) is 3.74. The van der Waals surface area contributed by atoms with Gasteiger partial charge in [-0.2, -0.15) is 0 Å². The smallest absolute Gasteiger partial charge is 0.128 e. The lowest BCUT2D eigenvalue weighted by Gasteiger charge is -2.38. The van der Waals surface area contributed by atoms with Crippen molar-refractivity contribution in [2.24, 2.45) is 0 Å². The van der Waals surface area contributed by atoms with Gasteiger partial charge in [-0.15, -0.1) is 0 Å². The van der Waals surface area contributed by atoms with Crippen molar-refractivity contribution in [3.05, 3.63) is 29.6 Å². The molecule has 0 unspecified atom stereocenters. The van der Waals surface area contributed by atoms with Gasteiger partial charge in [0.1, 0.15) is 17.2 Å². The molecule has 1 fully saturated rings. The molecule has 0 radical (unpaired) electrons. The van der Waals surface area contributed by atoms with Gasteiger partial charge >= 0.3 is 0 Å². The summed E-state index contributed by atoms with van der Waals surface area (Å²) < 4.78 is 19.1. The second-order valence-corrected chi connectivity index (χ2v) is 4.89. The van der Waals surface area contributed by atoms with E-state index in [1.807, 2.05) is 0 Å². The van der Waals surface area contributed by atoms with Crippen molar-refractivity contribution in [3.8, 4) is 5.75 Å². The Labute approximate surface area is 94.0 Å². The molecule has 16 heavy (non-hydrogen) atoms. The summed E-state index contributed by atoms with van der Waals surface area (Å²) in [5.41, 5.74) is 0.485. The standard InChI is InChI=1S/C13H15FO2/c14-9-3-4-10-11(15)8-13(5-1-2-6-13)16-12(10)7-9/h3-4,7,11,15H,1-2,5-6,8H2/t11-/m1/s1. The Balaban J connectivity index is 2.00. The Morgan fingerprint density at radius 1 is 1.31 bits per heavy atom. The zero-order valence-electron chi connectivity index (χ0n) is 9.08. The first kappa shape index (κ1) is 10.1. The maximum absolute atomic E-state index is 13.1. The van der Waals surface area contributed by atoms with E-state index in [1.54, 1.807) is 6.07 Å². The van der Waals surface area contributed by atoms with Crippen LogP contribution in [0.3, 0.4) is 0 Å². The molecule has 1 aliphatic carbocycles. The molecule has 3 rings (SSSR count). The van der Waals surface area contributed by atoms with E-state index in [0.717, 1.165) is 31.2 Å². The zero-order chi connectivity index (χ0) is 11.2. The number of halogens is 1. The summed E-state index contributed by atoms with van der Waals surface area (Å²) in [6.07, 6.45) is 4.35. The Bertz CT molecular complexity index is 410. The van der Waals surface area contributed by atoms with Gasteiger partial charge in [0.15, 0.2) is 0 Å². The normalized spacial score (nSPS) is 26.5. The van der Waals surface area contributed by atoms with Gasteiger partial charge < -0.3 is 9.84 Å². The fourth-order valence-corrected chi connectivity index (χ4v) is 2.93. The monoisotopic (exact) mass is 222 g/mol. The molecule has 2 aliphatic rings. The molecule has 1 atom stereocenters. The highest BCUT2D eigenvalue weighted by Gasteiger charge is 2.42. The van der Waals surface area contributed by atoms with Crippen LogP contribution in [0.5, 0.6) is 5.75 Å². The minimum absolute atomic E-state index is 0.236. The third-order valence-corrected chi connectivity index (χ3v) is 3.74. The third kappa shape index (κ3) is 1.50. The predicted molar refractivity (Wildman–Crippen MR) is 57.8 cm³/mol. The lowest BCUT2D eigenvalue weighted by Crippen LogP contribution is -2.38. The Kier molecular flexibility index (Phi) is 2.18. The fourth-order valence-electron chi connectivity index (χ4n) is 2.93. The topological polar surface area (TPSA) is 29.5 Å². The Morgan fingerprint density at radius 2 is 2.06 bits per heavy atom. The number of ether oxygens (including phenoxy) is 1. The summed E-state index contributed by atoms with van der Waals surface area (Å²) in [6.45, 7) is 0. The van der Waals surface area contributed by atoms with Crippen LogP contribution in [0.2, 0.25) is 0 Å². The van der Waals surface area contributed by atoms with Crippen LogP contribution in [0.4, 0.5) is 4.39 Å². The molecule has 1 aromatic carbocycles. The van der Waals surface area contributed by atoms with Gasteiger partial charge in [0.05, 0.1) is 6.10 Å². The molecular formula is C13H15FO2. The predicted octanol–water partition coefficient (Wildman–Crippen LogP) is 2.95. The highest BCUT2D eigenvalue weighted by Crippen LogP contribution is 2.47. The second-order valence-electron chi connectivity index (χ2n) is 4.89. The van der Waals surface area contributed by atoms with Crippen LogP contribution < -0.4 is 4.74 Å². The van der Waals surface area contributed by atoms with Gasteiger partial charge in [-0.1, -0.05) is 0 Å². The molecular weight excluding hydrogens is 207 g/mol. The van der Waals surface area contributed by atoms with Crippen LogP contribution in [-0.4, -0.2) is 10.7 Å². The van der Waals surface area contributed by atoms with Crippen molar-refractivity contribution in [2.45, 2.75) is 43.8 Å². The van der Waals surface area contributed by atoms with E-state index < -0.39 is 6.10 Å². The number of hydrogen-bond acceptors (Lipinski definition) is 2. The number of aliphatic hydroxyl groups is 1. The second kappa shape index (κ2) is 3.45. The number of aliphatic hydroxyl groups excluding tert-OH is 1. The summed E-state index contributed by atoms with van der Waals surface area (Å²) in [7, 11) is 0. The average Bonchev–Trinajstić information content (AvgIpc) is 2.65. The molecule has 3 heteroatoms. The van der Waals surface area contributed by atoms with Crippen LogP contribution in [0.25, 0.3) is 0 Å². The molecule has 1 aromatic rings. The first-order chi connectivity index (χ1) is 7.69. The molecule has 1 heterocycles.